The second kappa shape index (κ2) is 7.51. The molecule has 3 N–H and O–H groups in total. The second-order valence-electron chi connectivity index (χ2n) is 6.43. The van der Waals surface area contributed by atoms with Gasteiger partial charge in [0.05, 0.1) is 6.33 Å². The number of nitrogens with zero attached hydrogens (tertiary/aromatic N) is 4. The summed E-state index contributed by atoms with van der Waals surface area (Å²) in [4.78, 5) is 24.7. The van der Waals surface area contributed by atoms with Gasteiger partial charge in [-0.25, -0.2) is 15.0 Å². The normalized spacial score (nSPS) is 12.2. The van der Waals surface area contributed by atoms with Gasteiger partial charge in [-0.2, -0.15) is 0 Å². The molecule has 0 spiro atoms. The van der Waals surface area contributed by atoms with Gasteiger partial charge in [-0.05, 0) is 29.8 Å². The van der Waals surface area contributed by atoms with Crippen molar-refractivity contribution in [1.82, 2.24) is 24.8 Å². The Morgan fingerprint density at radius 1 is 1.18 bits per heavy atom. The van der Waals surface area contributed by atoms with E-state index < -0.39 is 6.10 Å². The van der Waals surface area contributed by atoms with Gasteiger partial charge in [0.2, 0.25) is 0 Å². The third kappa shape index (κ3) is 3.57. The highest BCUT2D eigenvalue weighted by atomic mass is 16.5. The van der Waals surface area contributed by atoms with Crippen molar-refractivity contribution >= 4 is 33.7 Å². The van der Waals surface area contributed by atoms with Crippen molar-refractivity contribution in [3.63, 3.8) is 0 Å². The number of nitrogen functional groups attached to an aromatic ring is 1. The lowest BCUT2D eigenvalue weighted by molar-refractivity contribution is -0.127. The maximum Gasteiger partial charge on any atom is 0.260 e. The van der Waals surface area contributed by atoms with E-state index in [2.05, 4.69) is 20.3 Å². The van der Waals surface area contributed by atoms with Gasteiger partial charge in [-0.15, -0.1) is 0 Å². The minimum absolute atomic E-state index is 0.188. The predicted octanol–water partition coefficient (Wildman–Crippen LogP) is 2.15. The Kier molecular flexibility index (Phi) is 4.76. The zero-order valence-electron chi connectivity index (χ0n) is 15.4. The second-order valence-corrected chi connectivity index (χ2v) is 6.43. The van der Waals surface area contributed by atoms with Gasteiger partial charge in [0.15, 0.2) is 17.6 Å². The fourth-order valence-corrected chi connectivity index (χ4v) is 3.00. The standard InChI is InChI=1S/C20H20N6O2/c1-13(28-16-7-6-14-4-2-3-5-15(14)10-16)20(27)22-8-9-26-12-25-17-18(21)23-11-24-19(17)26/h2-7,10-13H,8-9H2,1H3,(H,22,27)(H2,21,23,24)/t13-/m0/s1. The summed E-state index contributed by atoms with van der Waals surface area (Å²) in [7, 11) is 0. The fraction of sp³-hybridized carbons (Fsp3) is 0.200. The number of nitrogens with one attached hydrogen (secondary N) is 1. The van der Waals surface area contributed by atoms with Crippen LogP contribution in [0.3, 0.4) is 0 Å². The van der Waals surface area contributed by atoms with Gasteiger partial charge in [-0.1, -0.05) is 30.3 Å². The molecule has 0 radical (unpaired) electrons. The molecule has 8 nitrogen and oxygen atoms in total. The highest BCUT2D eigenvalue weighted by Crippen LogP contribution is 2.21. The Hall–Kier alpha value is -3.68. The van der Waals surface area contributed by atoms with E-state index in [4.69, 9.17) is 10.5 Å². The van der Waals surface area contributed by atoms with Crippen LogP contribution in [-0.2, 0) is 11.3 Å². The van der Waals surface area contributed by atoms with Crippen LogP contribution in [0.25, 0.3) is 21.9 Å². The van der Waals surface area contributed by atoms with Crippen molar-refractivity contribution in [2.75, 3.05) is 12.3 Å². The Labute approximate surface area is 161 Å². The maximum atomic E-state index is 12.4. The lowest BCUT2D eigenvalue weighted by Crippen LogP contribution is -2.37. The third-order valence-electron chi connectivity index (χ3n) is 4.48. The van der Waals surface area contributed by atoms with Crippen LogP contribution in [0, 0.1) is 0 Å². The number of aromatic nitrogens is 4. The first kappa shape index (κ1) is 17.7. The zero-order valence-corrected chi connectivity index (χ0v) is 15.4. The monoisotopic (exact) mass is 376 g/mol. The van der Waals surface area contributed by atoms with Gasteiger partial charge in [0.1, 0.15) is 17.6 Å². The molecular weight excluding hydrogens is 356 g/mol. The number of carbonyl (C=O) groups excluding carboxylic acids is 1. The number of hydrogen-bond acceptors (Lipinski definition) is 6. The summed E-state index contributed by atoms with van der Waals surface area (Å²) in [6, 6.07) is 13.8. The van der Waals surface area contributed by atoms with Gasteiger partial charge in [0, 0.05) is 13.1 Å². The van der Waals surface area contributed by atoms with E-state index in [1.807, 2.05) is 47.0 Å². The average molecular weight is 376 g/mol. The average Bonchev–Trinajstić information content (AvgIpc) is 3.12. The number of carbonyl (C=O) groups is 1. The number of nitrogens with two attached hydrogens (primary N) is 1. The quantitative estimate of drug-likeness (QED) is 0.534. The minimum Gasteiger partial charge on any atom is -0.481 e. The van der Waals surface area contributed by atoms with Crippen LogP contribution in [0.5, 0.6) is 5.75 Å². The Balaban J connectivity index is 1.34. The summed E-state index contributed by atoms with van der Waals surface area (Å²) in [6.45, 7) is 2.66. The largest absolute Gasteiger partial charge is 0.481 e. The zero-order chi connectivity index (χ0) is 19.5. The van der Waals surface area contributed by atoms with Gasteiger partial charge in [-0.3, -0.25) is 4.79 Å². The predicted molar refractivity (Wildman–Crippen MR) is 107 cm³/mol. The molecule has 2 heterocycles. The first-order valence-corrected chi connectivity index (χ1v) is 8.96. The molecule has 0 aliphatic rings. The Morgan fingerprint density at radius 3 is 2.86 bits per heavy atom. The topological polar surface area (TPSA) is 108 Å². The van der Waals surface area contributed by atoms with Crippen molar-refractivity contribution in [3.8, 4) is 5.75 Å². The molecule has 0 saturated heterocycles. The van der Waals surface area contributed by atoms with Crippen molar-refractivity contribution < 1.29 is 9.53 Å². The number of imidazole rings is 1. The molecule has 2 aromatic heterocycles. The first-order chi connectivity index (χ1) is 13.6. The summed E-state index contributed by atoms with van der Waals surface area (Å²) in [5.74, 6) is 0.811. The Morgan fingerprint density at radius 2 is 2.00 bits per heavy atom. The number of hydrogen-bond donors (Lipinski definition) is 2. The maximum absolute atomic E-state index is 12.4. The summed E-state index contributed by atoms with van der Waals surface area (Å²) < 4.78 is 7.61. The molecule has 0 bridgehead atoms. The van der Waals surface area contributed by atoms with Gasteiger partial charge < -0.3 is 20.4 Å². The molecule has 0 unspecified atom stereocenters. The smallest absolute Gasteiger partial charge is 0.260 e. The minimum atomic E-state index is -0.612. The number of rotatable bonds is 6. The number of ether oxygens (including phenoxy) is 1. The van der Waals surface area contributed by atoms with Crippen molar-refractivity contribution in [2.45, 2.75) is 19.6 Å². The molecular formula is C20H20N6O2. The third-order valence-corrected chi connectivity index (χ3v) is 4.48. The summed E-state index contributed by atoms with van der Waals surface area (Å²) in [5, 5.41) is 5.07. The van der Waals surface area contributed by atoms with Crippen LogP contribution in [0.15, 0.2) is 55.1 Å². The molecule has 0 fully saturated rings. The van der Waals surface area contributed by atoms with Crippen molar-refractivity contribution in [2.24, 2.45) is 0 Å². The molecule has 2 aromatic carbocycles. The molecule has 1 amide bonds. The lowest BCUT2D eigenvalue weighted by Gasteiger charge is -2.15. The fourth-order valence-electron chi connectivity index (χ4n) is 3.00. The van der Waals surface area contributed by atoms with Crippen LogP contribution in [0.2, 0.25) is 0 Å². The van der Waals surface area contributed by atoms with E-state index in [0.717, 1.165) is 10.8 Å². The molecule has 0 saturated carbocycles. The summed E-state index contributed by atoms with van der Waals surface area (Å²) in [6.07, 6.45) is 2.42. The first-order valence-electron chi connectivity index (χ1n) is 8.96. The van der Waals surface area contributed by atoms with E-state index >= 15 is 0 Å². The molecule has 4 rings (SSSR count). The lowest BCUT2D eigenvalue weighted by atomic mass is 10.1. The molecule has 28 heavy (non-hydrogen) atoms. The molecule has 142 valence electrons. The summed E-state index contributed by atoms with van der Waals surface area (Å²) in [5.41, 5.74) is 6.98. The molecule has 1 atom stereocenters. The highest BCUT2D eigenvalue weighted by molar-refractivity contribution is 5.84. The van der Waals surface area contributed by atoms with E-state index in [0.29, 0.717) is 35.8 Å². The van der Waals surface area contributed by atoms with E-state index in [1.165, 1.54) is 6.33 Å². The van der Waals surface area contributed by atoms with E-state index in [1.54, 1.807) is 13.3 Å². The van der Waals surface area contributed by atoms with Gasteiger partial charge in [0.25, 0.3) is 5.91 Å². The number of benzene rings is 2. The Bertz CT molecular complexity index is 1140. The van der Waals surface area contributed by atoms with Crippen molar-refractivity contribution in [3.05, 3.63) is 55.1 Å². The van der Waals surface area contributed by atoms with Crippen molar-refractivity contribution in [1.29, 1.82) is 0 Å². The SMILES string of the molecule is C[C@H](Oc1ccc2ccccc2c1)C(=O)NCCn1cnc2c(N)ncnc21. The van der Waals surface area contributed by atoms with E-state index in [9.17, 15) is 4.79 Å². The molecule has 0 aliphatic heterocycles. The number of anilines is 1. The van der Waals surface area contributed by atoms with Crippen LogP contribution in [0.4, 0.5) is 5.82 Å². The molecule has 0 aliphatic carbocycles. The number of fused-ring (bicyclic) bond motifs is 2. The summed E-state index contributed by atoms with van der Waals surface area (Å²) >= 11 is 0. The van der Waals surface area contributed by atoms with Gasteiger partial charge >= 0.3 is 0 Å². The highest BCUT2D eigenvalue weighted by Gasteiger charge is 2.15. The van der Waals surface area contributed by atoms with Crippen LogP contribution >= 0.6 is 0 Å². The van der Waals surface area contributed by atoms with E-state index in [-0.39, 0.29) is 5.91 Å². The van der Waals surface area contributed by atoms with Crippen LogP contribution in [0.1, 0.15) is 6.92 Å². The molecule has 4 aromatic rings. The van der Waals surface area contributed by atoms with Crippen LogP contribution < -0.4 is 15.8 Å². The molecule has 8 heteroatoms. The number of amides is 1. The van der Waals surface area contributed by atoms with Crippen LogP contribution in [-0.4, -0.2) is 38.1 Å².